The number of carbonyl (C=O) groups excluding carboxylic acids is 1. The maximum absolute atomic E-state index is 13.4. The second-order valence-corrected chi connectivity index (χ2v) is 9.87. The third-order valence-corrected chi connectivity index (χ3v) is 6.97. The van der Waals surface area contributed by atoms with Crippen molar-refractivity contribution in [3.63, 3.8) is 0 Å². The van der Waals surface area contributed by atoms with Crippen LogP contribution in [0, 0.1) is 26.9 Å². The van der Waals surface area contributed by atoms with E-state index in [-0.39, 0.29) is 27.6 Å². The van der Waals surface area contributed by atoms with E-state index in [9.17, 15) is 20.2 Å². The first kappa shape index (κ1) is 21.1. The lowest BCUT2D eigenvalue weighted by atomic mass is 9.69. The van der Waals surface area contributed by atoms with E-state index >= 15 is 0 Å². The van der Waals surface area contributed by atoms with E-state index in [0.29, 0.717) is 39.7 Å². The van der Waals surface area contributed by atoms with Gasteiger partial charge >= 0.3 is 5.00 Å². The molecule has 1 aromatic carbocycles. The first-order valence-corrected chi connectivity index (χ1v) is 10.8. The Balaban J connectivity index is 2.00. The monoisotopic (exact) mass is 454 g/mol. The second kappa shape index (κ2) is 7.52. The molecule has 1 aromatic heterocycles. The highest BCUT2D eigenvalue weighted by molar-refractivity contribution is 7.15. The van der Waals surface area contributed by atoms with Crippen molar-refractivity contribution in [2.75, 3.05) is 4.90 Å². The molecule has 0 saturated heterocycles. The number of thiophene rings is 1. The van der Waals surface area contributed by atoms with Crippen LogP contribution < -0.4 is 10.6 Å². The molecule has 2 aliphatic rings. The molecule has 4 rings (SSSR count). The quantitative estimate of drug-likeness (QED) is 0.500. The van der Waals surface area contributed by atoms with Crippen LogP contribution in [-0.4, -0.2) is 10.7 Å². The standard InChI is InChI=1S/C22H19ClN4O3S/c1-22(2)9-15-20(16(28)10-22)19(17-7-8-18(31-17)27(29)30)12(11-24)21(25)26(15)14-6-4-3-5-13(14)23/h3-8,19H,9-10,25H2,1-2H3/t19-/m1/s1. The van der Waals surface area contributed by atoms with E-state index in [1.807, 2.05) is 19.9 Å². The number of nitriles is 1. The fraction of sp³-hybridized carbons (Fsp3) is 0.273. The summed E-state index contributed by atoms with van der Waals surface area (Å²) in [6.45, 7) is 4.01. The summed E-state index contributed by atoms with van der Waals surface area (Å²) in [4.78, 5) is 26.4. The first-order valence-electron chi connectivity index (χ1n) is 9.59. The van der Waals surface area contributed by atoms with Gasteiger partial charge in [0, 0.05) is 28.6 Å². The summed E-state index contributed by atoms with van der Waals surface area (Å²) < 4.78 is 0. The maximum atomic E-state index is 13.4. The minimum atomic E-state index is -0.735. The molecule has 1 aliphatic heterocycles. The molecule has 0 saturated carbocycles. The van der Waals surface area contributed by atoms with Crippen LogP contribution in [0.1, 0.15) is 37.5 Å². The number of hydrogen-bond donors (Lipinski definition) is 1. The van der Waals surface area contributed by atoms with Crippen molar-refractivity contribution in [2.45, 2.75) is 32.6 Å². The van der Waals surface area contributed by atoms with E-state index in [2.05, 4.69) is 6.07 Å². The lowest BCUT2D eigenvalue weighted by Gasteiger charge is -2.43. The van der Waals surface area contributed by atoms with Gasteiger partial charge in [-0.15, -0.1) is 0 Å². The number of nitrogens with zero attached hydrogens (tertiary/aromatic N) is 3. The highest BCUT2D eigenvalue weighted by Crippen LogP contribution is 2.52. The number of nitrogens with two attached hydrogens (primary N) is 1. The lowest BCUT2D eigenvalue weighted by molar-refractivity contribution is -0.380. The summed E-state index contributed by atoms with van der Waals surface area (Å²) in [6, 6.07) is 12.3. The molecule has 0 amide bonds. The van der Waals surface area contributed by atoms with Gasteiger partial charge in [-0.3, -0.25) is 19.8 Å². The molecule has 1 aliphatic carbocycles. The van der Waals surface area contributed by atoms with Crippen molar-refractivity contribution >= 4 is 39.4 Å². The van der Waals surface area contributed by atoms with Gasteiger partial charge in [0.05, 0.1) is 33.2 Å². The highest BCUT2D eigenvalue weighted by atomic mass is 35.5. The molecule has 0 fully saturated rings. The van der Waals surface area contributed by atoms with Gasteiger partial charge in [0.1, 0.15) is 5.82 Å². The number of rotatable bonds is 3. The molecule has 7 nitrogen and oxygen atoms in total. The first-order chi connectivity index (χ1) is 14.6. The Morgan fingerprint density at radius 3 is 2.61 bits per heavy atom. The van der Waals surface area contributed by atoms with Gasteiger partial charge in [-0.05, 0) is 30.0 Å². The molecule has 1 atom stereocenters. The van der Waals surface area contributed by atoms with Crippen LogP contribution in [0.5, 0.6) is 0 Å². The topological polar surface area (TPSA) is 113 Å². The zero-order valence-electron chi connectivity index (χ0n) is 16.9. The van der Waals surface area contributed by atoms with Crippen LogP contribution in [0.15, 0.2) is 59.1 Å². The molecule has 0 bridgehead atoms. The number of benzene rings is 1. The van der Waals surface area contributed by atoms with Crippen LogP contribution >= 0.6 is 22.9 Å². The van der Waals surface area contributed by atoms with Gasteiger partial charge < -0.3 is 5.73 Å². The number of hydrogen-bond acceptors (Lipinski definition) is 7. The third-order valence-electron chi connectivity index (χ3n) is 5.55. The van der Waals surface area contributed by atoms with Gasteiger partial charge in [-0.2, -0.15) is 5.26 Å². The second-order valence-electron chi connectivity index (χ2n) is 8.36. The predicted octanol–water partition coefficient (Wildman–Crippen LogP) is 5.25. The number of carbonyl (C=O) groups is 1. The number of halogens is 1. The van der Waals surface area contributed by atoms with Gasteiger partial charge in [0.15, 0.2) is 5.78 Å². The van der Waals surface area contributed by atoms with Crippen molar-refractivity contribution in [3.05, 3.63) is 79.1 Å². The normalized spacial score (nSPS) is 20.5. The SMILES string of the molecule is CC1(C)CC(=O)C2=C(C1)N(c1ccccc1Cl)C(N)=C(C#N)[C@@H]2c1ccc([N+](=O)[O-])s1. The molecule has 2 aromatic rings. The number of nitro groups is 1. The molecular formula is C22H19ClN4O3S. The summed E-state index contributed by atoms with van der Waals surface area (Å²) in [5, 5.41) is 21.6. The van der Waals surface area contributed by atoms with Crippen molar-refractivity contribution in [3.8, 4) is 6.07 Å². The average Bonchev–Trinajstić information content (AvgIpc) is 3.17. The molecular weight excluding hydrogens is 436 g/mol. The van der Waals surface area contributed by atoms with Crippen molar-refractivity contribution in [1.82, 2.24) is 0 Å². The molecule has 0 radical (unpaired) electrons. The van der Waals surface area contributed by atoms with Crippen molar-refractivity contribution < 1.29 is 9.72 Å². The Bertz CT molecular complexity index is 1220. The fourth-order valence-corrected chi connectivity index (χ4v) is 5.46. The van der Waals surface area contributed by atoms with E-state index in [1.165, 1.54) is 6.07 Å². The summed E-state index contributed by atoms with van der Waals surface area (Å²) in [6.07, 6.45) is 0.855. The summed E-state index contributed by atoms with van der Waals surface area (Å²) in [5.41, 5.74) is 8.12. The molecule has 9 heteroatoms. The zero-order valence-corrected chi connectivity index (χ0v) is 18.5. The van der Waals surface area contributed by atoms with Crippen molar-refractivity contribution in [2.24, 2.45) is 11.1 Å². The molecule has 158 valence electrons. The highest BCUT2D eigenvalue weighted by Gasteiger charge is 2.45. The summed E-state index contributed by atoms with van der Waals surface area (Å²) >= 11 is 7.42. The van der Waals surface area contributed by atoms with Gasteiger partial charge in [0.25, 0.3) is 0 Å². The molecule has 31 heavy (non-hydrogen) atoms. The van der Waals surface area contributed by atoms with Crippen LogP contribution in [-0.2, 0) is 4.79 Å². The van der Waals surface area contributed by atoms with E-state index in [0.717, 1.165) is 11.3 Å². The van der Waals surface area contributed by atoms with E-state index in [1.54, 1.807) is 29.2 Å². The van der Waals surface area contributed by atoms with Crippen molar-refractivity contribution in [1.29, 1.82) is 5.26 Å². The largest absolute Gasteiger partial charge is 0.384 e. The van der Waals surface area contributed by atoms with E-state index < -0.39 is 10.8 Å². The third kappa shape index (κ3) is 3.50. The Labute approximate surface area is 188 Å². The average molecular weight is 455 g/mol. The van der Waals surface area contributed by atoms with Gasteiger partial charge in [0.2, 0.25) is 0 Å². The summed E-state index contributed by atoms with van der Waals surface area (Å²) in [5.74, 6) is -0.647. The fourth-order valence-electron chi connectivity index (χ4n) is 4.30. The Hall–Kier alpha value is -3.15. The minimum Gasteiger partial charge on any atom is -0.384 e. The van der Waals surface area contributed by atoms with Crippen LogP contribution in [0.2, 0.25) is 5.02 Å². The molecule has 0 spiro atoms. The smallest absolute Gasteiger partial charge is 0.324 e. The lowest BCUT2D eigenvalue weighted by Crippen LogP contribution is -2.42. The number of para-hydroxylation sites is 1. The van der Waals surface area contributed by atoms with E-state index in [4.69, 9.17) is 17.3 Å². The number of ketones is 1. The van der Waals surface area contributed by atoms with Crippen LogP contribution in [0.4, 0.5) is 10.7 Å². The molecule has 0 unspecified atom stereocenters. The van der Waals surface area contributed by atoms with Gasteiger partial charge in [-0.25, -0.2) is 0 Å². The van der Waals surface area contributed by atoms with Gasteiger partial charge in [-0.1, -0.05) is 48.9 Å². The zero-order chi connectivity index (χ0) is 22.5. The molecule has 2 N–H and O–H groups in total. The maximum Gasteiger partial charge on any atom is 0.324 e. The Morgan fingerprint density at radius 1 is 1.29 bits per heavy atom. The predicted molar refractivity (Wildman–Crippen MR) is 120 cm³/mol. The number of anilines is 1. The van der Waals surface area contributed by atoms with Crippen LogP contribution in [0.3, 0.4) is 0 Å². The Kier molecular flexibility index (Phi) is 5.12. The summed E-state index contributed by atoms with van der Waals surface area (Å²) in [7, 11) is 0. The molecule has 2 heterocycles. The Morgan fingerprint density at radius 2 is 2.00 bits per heavy atom. The van der Waals surface area contributed by atoms with Crippen LogP contribution in [0.25, 0.3) is 0 Å². The number of Topliss-reactive ketones (excluding diaryl/α,β-unsaturated/α-hetero) is 1. The number of allylic oxidation sites excluding steroid dienone is 3. The minimum absolute atomic E-state index is 0.0508.